The molecule has 0 aromatic carbocycles. The van der Waals surface area contributed by atoms with E-state index in [-0.39, 0.29) is 19.4 Å². The average Bonchev–Trinajstić information content (AvgIpc) is 3.33. The molecule has 12 nitrogen and oxygen atoms in total. The fourth-order valence-corrected chi connectivity index (χ4v) is 10.3. The monoisotopic (exact) mass is 1020 g/mol. The van der Waals surface area contributed by atoms with Crippen LogP contribution in [0.2, 0.25) is 0 Å². The van der Waals surface area contributed by atoms with E-state index >= 15 is 0 Å². The number of hydrogen-bond donors (Lipinski definition) is 4. The van der Waals surface area contributed by atoms with Gasteiger partial charge in [-0.3, -0.25) is 14.1 Å². The summed E-state index contributed by atoms with van der Waals surface area (Å²) in [6.45, 7) is 3.84. The van der Waals surface area contributed by atoms with Crippen LogP contribution in [0, 0.1) is 0 Å². The normalized spacial score (nSPS) is 18.9. The first-order valence-electron chi connectivity index (χ1n) is 29.6. The van der Waals surface area contributed by atoms with Gasteiger partial charge < -0.3 is 34.3 Å². The van der Waals surface area contributed by atoms with Crippen LogP contribution in [0.3, 0.4) is 0 Å². The standard InChI is InChI=1S/C57H110O12S/c1-3-5-7-9-11-13-15-17-19-21-23-25-26-28-30-32-34-36-38-40-42-44-46-53(59)68-50(48-67-57-56(62)55(61)54(60)51(69-57)49-70(63,64)65)47-66-52(58)45-43-41-39-37-35-33-31-29-27-24-22-20-18-16-14-12-10-8-6-4-2/h50-51,54-57,60-62H,3-49H2,1-2H3,(H,63,64,65)/t50-,51-,54-,55?,56?,57+/m1/s1. The smallest absolute Gasteiger partial charge is 0.306 e. The number of rotatable bonds is 52. The van der Waals surface area contributed by atoms with Crippen molar-refractivity contribution in [1.82, 2.24) is 0 Å². The Labute approximate surface area is 429 Å². The van der Waals surface area contributed by atoms with Gasteiger partial charge in [0.05, 0.1) is 6.61 Å². The van der Waals surface area contributed by atoms with Crippen molar-refractivity contribution in [3.8, 4) is 0 Å². The number of esters is 2. The highest BCUT2D eigenvalue weighted by Gasteiger charge is 2.46. The van der Waals surface area contributed by atoms with E-state index < -0.39 is 71.2 Å². The number of carbonyl (C=O) groups is 2. The maximum Gasteiger partial charge on any atom is 0.306 e. The Hall–Kier alpha value is -1.35. The Morgan fingerprint density at radius 1 is 0.429 bits per heavy atom. The van der Waals surface area contributed by atoms with Gasteiger partial charge in [0, 0.05) is 12.8 Å². The maximum absolute atomic E-state index is 12.9. The van der Waals surface area contributed by atoms with Crippen LogP contribution < -0.4 is 0 Å². The first-order valence-corrected chi connectivity index (χ1v) is 31.2. The van der Waals surface area contributed by atoms with Gasteiger partial charge in [-0.25, -0.2) is 0 Å². The van der Waals surface area contributed by atoms with Gasteiger partial charge >= 0.3 is 11.9 Å². The molecule has 1 rings (SSSR count). The molecule has 0 aromatic heterocycles. The van der Waals surface area contributed by atoms with Crippen molar-refractivity contribution in [3.63, 3.8) is 0 Å². The summed E-state index contributed by atoms with van der Waals surface area (Å²) in [4.78, 5) is 25.6. The van der Waals surface area contributed by atoms with Gasteiger partial charge in [-0.15, -0.1) is 0 Å². The van der Waals surface area contributed by atoms with Crippen LogP contribution in [-0.4, -0.2) is 96.0 Å². The Morgan fingerprint density at radius 2 is 0.729 bits per heavy atom. The summed E-state index contributed by atoms with van der Waals surface area (Å²) in [7, 11) is -4.60. The van der Waals surface area contributed by atoms with Crippen molar-refractivity contribution in [1.29, 1.82) is 0 Å². The third kappa shape index (κ3) is 41.1. The fourth-order valence-electron chi connectivity index (χ4n) is 9.62. The van der Waals surface area contributed by atoms with E-state index in [1.807, 2.05) is 0 Å². The van der Waals surface area contributed by atoms with E-state index in [9.17, 15) is 37.9 Å². The molecule has 6 atom stereocenters. The topological polar surface area (TPSA) is 186 Å². The van der Waals surface area contributed by atoms with Gasteiger partial charge in [0.25, 0.3) is 10.1 Å². The van der Waals surface area contributed by atoms with Crippen LogP contribution in [0.15, 0.2) is 0 Å². The molecule has 1 fully saturated rings. The molecule has 1 saturated heterocycles. The number of aliphatic hydroxyl groups excluding tert-OH is 3. The zero-order valence-electron chi connectivity index (χ0n) is 45.2. The predicted molar refractivity (Wildman–Crippen MR) is 284 cm³/mol. The van der Waals surface area contributed by atoms with E-state index in [1.165, 1.54) is 218 Å². The maximum atomic E-state index is 12.9. The summed E-state index contributed by atoms with van der Waals surface area (Å²) in [6.07, 6.45) is 44.3. The second kappa shape index (κ2) is 47.4. The molecule has 0 aromatic rings. The molecule has 4 N–H and O–H groups in total. The molecular weight excluding hydrogens is 909 g/mol. The minimum atomic E-state index is -4.60. The van der Waals surface area contributed by atoms with Crippen LogP contribution >= 0.6 is 0 Å². The Bertz CT molecular complexity index is 1280. The summed E-state index contributed by atoms with van der Waals surface area (Å²) in [5, 5.41) is 31.1. The van der Waals surface area contributed by atoms with Gasteiger partial charge in [-0.05, 0) is 12.8 Å². The van der Waals surface area contributed by atoms with Crippen LogP contribution in [0.5, 0.6) is 0 Å². The molecule has 13 heteroatoms. The third-order valence-electron chi connectivity index (χ3n) is 14.2. The molecule has 70 heavy (non-hydrogen) atoms. The van der Waals surface area contributed by atoms with Gasteiger partial charge in [-0.2, -0.15) is 8.42 Å². The number of unbranched alkanes of at least 4 members (excludes halogenated alkanes) is 40. The number of carbonyl (C=O) groups excluding carboxylic acids is 2. The molecule has 1 aliphatic heterocycles. The SMILES string of the molecule is CCCCCCCCCCCCCCCCCCCCCCCCC(=O)O[C@H](COC(=O)CCCCCCCCCCCCCCCCCCCCCC)CO[C@H]1O[C@H](CS(=O)(=O)O)[C@@H](O)C(O)C1O. The van der Waals surface area contributed by atoms with Crippen molar-refractivity contribution in [2.75, 3.05) is 19.0 Å². The molecule has 0 bridgehead atoms. The van der Waals surface area contributed by atoms with E-state index in [0.29, 0.717) is 12.8 Å². The number of aliphatic hydroxyl groups is 3. The highest BCUT2D eigenvalue weighted by molar-refractivity contribution is 7.85. The summed E-state index contributed by atoms with van der Waals surface area (Å²) >= 11 is 0. The summed E-state index contributed by atoms with van der Waals surface area (Å²) < 4.78 is 54.4. The molecule has 1 aliphatic rings. The minimum Gasteiger partial charge on any atom is -0.462 e. The van der Waals surface area contributed by atoms with Crippen molar-refractivity contribution in [2.45, 2.75) is 333 Å². The Morgan fingerprint density at radius 3 is 1.04 bits per heavy atom. The van der Waals surface area contributed by atoms with Crippen LogP contribution in [0.25, 0.3) is 0 Å². The van der Waals surface area contributed by atoms with Crippen molar-refractivity contribution >= 4 is 22.1 Å². The lowest BCUT2D eigenvalue weighted by atomic mass is 10.00. The summed E-state index contributed by atoms with van der Waals surface area (Å²) in [6, 6.07) is 0. The molecule has 416 valence electrons. The lowest BCUT2D eigenvalue weighted by Crippen LogP contribution is -2.60. The fraction of sp³-hybridized carbons (Fsp3) is 0.965. The largest absolute Gasteiger partial charge is 0.462 e. The van der Waals surface area contributed by atoms with Crippen LogP contribution in [-0.2, 0) is 38.7 Å². The Kier molecular flexibility index (Phi) is 45.1. The van der Waals surface area contributed by atoms with E-state index in [1.54, 1.807) is 0 Å². The van der Waals surface area contributed by atoms with Crippen LogP contribution in [0.4, 0.5) is 0 Å². The van der Waals surface area contributed by atoms with E-state index in [0.717, 1.165) is 38.5 Å². The zero-order chi connectivity index (χ0) is 51.2. The van der Waals surface area contributed by atoms with Crippen molar-refractivity contribution in [2.24, 2.45) is 0 Å². The molecule has 0 saturated carbocycles. The molecular formula is C57H110O12S. The first kappa shape index (κ1) is 66.7. The predicted octanol–water partition coefficient (Wildman–Crippen LogP) is 14.4. The van der Waals surface area contributed by atoms with Crippen molar-refractivity contribution < 1.29 is 56.8 Å². The summed E-state index contributed by atoms with van der Waals surface area (Å²) in [5.74, 6) is -1.95. The highest BCUT2D eigenvalue weighted by Crippen LogP contribution is 2.24. The lowest BCUT2D eigenvalue weighted by Gasteiger charge is -2.40. The molecule has 0 spiro atoms. The zero-order valence-corrected chi connectivity index (χ0v) is 46.0. The quantitative estimate of drug-likeness (QED) is 0.0257. The molecule has 0 aliphatic carbocycles. The average molecular weight is 1020 g/mol. The van der Waals surface area contributed by atoms with E-state index in [4.69, 9.17) is 18.9 Å². The van der Waals surface area contributed by atoms with Crippen LogP contribution in [0.1, 0.15) is 296 Å². The number of hydrogen-bond acceptors (Lipinski definition) is 11. The second-order valence-electron chi connectivity index (χ2n) is 21.0. The number of ether oxygens (including phenoxy) is 4. The molecule has 0 amide bonds. The molecule has 2 unspecified atom stereocenters. The molecule has 1 heterocycles. The second-order valence-corrected chi connectivity index (χ2v) is 22.5. The summed E-state index contributed by atoms with van der Waals surface area (Å²) in [5.41, 5.74) is 0. The Balaban J connectivity index is 2.28. The lowest BCUT2D eigenvalue weighted by molar-refractivity contribution is -0.297. The van der Waals surface area contributed by atoms with Gasteiger partial charge in [0.15, 0.2) is 12.4 Å². The third-order valence-corrected chi connectivity index (χ3v) is 14.9. The van der Waals surface area contributed by atoms with Gasteiger partial charge in [-0.1, -0.05) is 271 Å². The molecule has 0 radical (unpaired) electrons. The first-order chi connectivity index (χ1) is 34.0. The van der Waals surface area contributed by atoms with Gasteiger partial charge in [0.2, 0.25) is 0 Å². The van der Waals surface area contributed by atoms with E-state index in [2.05, 4.69) is 13.8 Å². The highest BCUT2D eigenvalue weighted by atomic mass is 32.2. The van der Waals surface area contributed by atoms with Gasteiger partial charge in [0.1, 0.15) is 36.8 Å². The van der Waals surface area contributed by atoms with Crippen molar-refractivity contribution in [3.05, 3.63) is 0 Å². The minimum absolute atomic E-state index is 0.173.